The third kappa shape index (κ3) is 2.52. The zero-order valence-corrected chi connectivity index (χ0v) is 10.1. The van der Waals surface area contributed by atoms with Crippen molar-refractivity contribution in [2.75, 3.05) is 13.1 Å². The quantitative estimate of drug-likeness (QED) is 0.736. The van der Waals surface area contributed by atoms with E-state index in [4.69, 9.17) is 0 Å². The molecule has 0 spiro atoms. The standard InChI is InChI=1S/C13H16N2O2/c1-9-8-15(6-5-12(9)16)13(17)11-4-3-10(2)14-7-11/h3-4,7,9H,5-6,8H2,1-2H3. The number of ketones is 1. The summed E-state index contributed by atoms with van der Waals surface area (Å²) in [6, 6.07) is 3.61. The Bertz CT molecular complexity index is 439. The second-order valence-electron chi connectivity index (χ2n) is 4.56. The van der Waals surface area contributed by atoms with Crippen LogP contribution in [-0.4, -0.2) is 34.7 Å². The summed E-state index contributed by atoms with van der Waals surface area (Å²) in [6.07, 6.45) is 2.06. The first-order valence-corrected chi connectivity index (χ1v) is 5.82. The number of aromatic nitrogens is 1. The van der Waals surface area contributed by atoms with Gasteiger partial charge in [0.15, 0.2) is 0 Å². The van der Waals surface area contributed by atoms with Crippen LogP contribution in [0.2, 0.25) is 0 Å². The summed E-state index contributed by atoms with van der Waals surface area (Å²) in [4.78, 5) is 29.4. The van der Waals surface area contributed by atoms with Crippen LogP contribution >= 0.6 is 0 Å². The van der Waals surface area contributed by atoms with E-state index in [1.165, 1.54) is 0 Å². The molecule has 1 fully saturated rings. The van der Waals surface area contributed by atoms with Gasteiger partial charge in [0, 0.05) is 37.3 Å². The van der Waals surface area contributed by atoms with Crippen LogP contribution in [0.5, 0.6) is 0 Å². The predicted molar refractivity (Wildman–Crippen MR) is 63.7 cm³/mol. The number of carbonyl (C=O) groups is 2. The van der Waals surface area contributed by atoms with E-state index >= 15 is 0 Å². The van der Waals surface area contributed by atoms with Crippen LogP contribution in [0, 0.1) is 12.8 Å². The number of nitrogens with zero attached hydrogens (tertiary/aromatic N) is 2. The molecule has 1 unspecified atom stereocenters. The van der Waals surface area contributed by atoms with E-state index in [9.17, 15) is 9.59 Å². The summed E-state index contributed by atoms with van der Waals surface area (Å²) in [5, 5.41) is 0. The van der Waals surface area contributed by atoms with Crippen LogP contribution in [0.1, 0.15) is 29.4 Å². The van der Waals surface area contributed by atoms with Gasteiger partial charge in [0.1, 0.15) is 5.78 Å². The molecule has 1 atom stereocenters. The normalized spacial score (nSPS) is 20.5. The molecule has 0 aromatic carbocycles. The molecule has 0 aliphatic carbocycles. The van der Waals surface area contributed by atoms with Gasteiger partial charge in [-0.1, -0.05) is 6.92 Å². The lowest BCUT2D eigenvalue weighted by Gasteiger charge is -2.30. The molecule has 90 valence electrons. The fraction of sp³-hybridized carbons (Fsp3) is 0.462. The topological polar surface area (TPSA) is 50.3 Å². The largest absolute Gasteiger partial charge is 0.337 e. The van der Waals surface area contributed by atoms with Crippen LogP contribution in [0.3, 0.4) is 0 Å². The number of likely N-dealkylation sites (tertiary alicyclic amines) is 1. The maximum absolute atomic E-state index is 12.1. The molecule has 17 heavy (non-hydrogen) atoms. The number of aryl methyl sites for hydroxylation is 1. The fourth-order valence-electron chi connectivity index (χ4n) is 1.98. The highest BCUT2D eigenvalue weighted by atomic mass is 16.2. The van der Waals surface area contributed by atoms with Gasteiger partial charge >= 0.3 is 0 Å². The van der Waals surface area contributed by atoms with E-state index in [2.05, 4.69) is 4.98 Å². The Balaban J connectivity index is 2.10. The van der Waals surface area contributed by atoms with Gasteiger partial charge in [0.25, 0.3) is 5.91 Å². The van der Waals surface area contributed by atoms with Crippen molar-refractivity contribution in [1.29, 1.82) is 0 Å². The Labute approximate surface area is 101 Å². The number of amides is 1. The lowest BCUT2D eigenvalue weighted by atomic mass is 9.98. The first-order valence-electron chi connectivity index (χ1n) is 5.82. The van der Waals surface area contributed by atoms with Gasteiger partial charge < -0.3 is 4.90 Å². The van der Waals surface area contributed by atoms with Crippen molar-refractivity contribution < 1.29 is 9.59 Å². The monoisotopic (exact) mass is 232 g/mol. The molecule has 4 nitrogen and oxygen atoms in total. The van der Waals surface area contributed by atoms with Gasteiger partial charge in [-0.25, -0.2) is 0 Å². The minimum atomic E-state index is -0.0499. The van der Waals surface area contributed by atoms with Gasteiger partial charge in [-0.2, -0.15) is 0 Å². The van der Waals surface area contributed by atoms with Crippen molar-refractivity contribution in [1.82, 2.24) is 9.88 Å². The zero-order valence-electron chi connectivity index (χ0n) is 10.1. The van der Waals surface area contributed by atoms with Crippen molar-refractivity contribution in [3.63, 3.8) is 0 Å². The highest BCUT2D eigenvalue weighted by molar-refractivity contribution is 5.95. The van der Waals surface area contributed by atoms with Gasteiger partial charge in [-0.15, -0.1) is 0 Å². The minimum Gasteiger partial charge on any atom is -0.337 e. The number of hydrogen-bond acceptors (Lipinski definition) is 3. The summed E-state index contributed by atoms with van der Waals surface area (Å²) in [6.45, 7) is 4.80. The van der Waals surface area contributed by atoms with E-state index in [1.807, 2.05) is 19.9 Å². The minimum absolute atomic E-state index is 0.0307. The molecule has 1 saturated heterocycles. The third-order valence-electron chi connectivity index (χ3n) is 3.12. The molecule has 1 aromatic heterocycles. The number of pyridine rings is 1. The fourth-order valence-corrected chi connectivity index (χ4v) is 1.98. The molecule has 0 bridgehead atoms. The van der Waals surface area contributed by atoms with Crippen molar-refractivity contribution >= 4 is 11.7 Å². The summed E-state index contributed by atoms with van der Waals surface area (Å²) >= 11 is 0. The van der Waals surface area contributed by atoms with E-state index in [0.717, 1.165) is 5.69 Å². The molecule has 1 aromatic rings. The molecular formula is C13H16N2O2. The molecular weight excluding hydrogens is 216 g/mol. The van der Waals surface area contributed by atoms with E-state index in [1.54, 1.807) is 17.2 Å². The van der Waals surface area contributed by atoms with E-state index < -0.39 is 0 Å². The zero-order chi connectivity index (χ0) is 12.4. The highest BCUT2D eigenvalue weighted by Crippen LogP contribution is 2.15. The average molecular weight is 232 g/mol. The molecule has 0 N–H and O–H groups in total. The van der Waals surface area contributed by atoms with Crippen molar-refractivity contribution in [3.05, 3.63) is 29.6 Å². The van der Waals surface area contributed by atoms with Gasteiger partial charge in [-0.05, 0) is 19.1 Å². The number of Topliss-reactive ketones (excluding diaryl/α,β-unsaturated/α-hetero) is 1. The van der Waals surface area contributed by atoms with Crippen LogP contribution in [0.25, 0.3) is 0 Å². The summed E-state index contributed by atoms with van der Waals surface area (Å²) in [5.41, 5.74) is 1.49. The van der Waals surface area contributed by atoms with Crippen LogP contribution in [0.15, 0.2) is 18.3 Å². The first-order chi connectivity index (χ1) is 8.08. The molecule has 1 aliphatic heterocycles. The first kappa shape index (κ1) is 11.8. The number of piperidine rings is 1. The third-order valence-corrected chi connectivity index (χ3v) is 3.12. The molecule has 2 rings (SSSR count). The van der Waals surface area contributed by atoms with Gasteiger partial charge in [0.2, 0.25) is 0 Å². The van der Waals surface area contributed by atoms with Crippen molar-refractivity contribution in [3.8, 4) is 0 Å². The van der Waals surface area contributed by atoms with Gasteiger partial charge in [0.05, 0.1) is 5.56 Å². The SMILES string of the molecule is Cc1ccc(C(=O)N2CCC(=O)C(C)C2)cn1. The molecule has 0 saturated carbocycles. The van der Waals surface area contributed by atoms with Crippen molar-refractivity contribution in [2.24, 2.45) is 5.92 Å². The maximum Gasteiger partial charge on any atom is 0.255 e. The Morgan fingerprint density at radius 1 is 1.47 bits per heavy atom. The second-order valence-corrected chi connectivity index (χ2v) is 4.56. The molecule has 2 heterocycles. The number of carbonyl (C=O) groups excluding carboxylic acids is 2. The molecule has 0 radical (unpaired) electrons. The molecule has 4 heteroatoms. The Morgan fingerprint density at radius 3 is 2.82 bits per heavy atom. The Kier molecular flexibility index (Phi) is 3.22. The van der Waals surface area contributed by atoms with E-state index in [0.29, 0.717) is 25.1 Å². The van der Waals surface area contributed by atoms with Crippen LogP contribution in [-0.2, 0) is 4.79 Å². The predicted octanol–water partition coefficient (Wildman–Crippen LogP) is 1.44. The lowest BCUT2D eigenvalue weighted by Crippen LogP contribution is -2.43. The molecule has 1 aliphatic rings. The van der Waals surface area contributed by atoms with Crippen molar-refractivity contribution in [2.45, 2.75) is 20.3 Å². The lowest BCUT2D eigenvalue weighted by molar-refractivity contribution is -0.124. The number of hydrogen-bond donors (Lipinski definition) is 0. The summed E-state index contributed by atoms with van der Waals surface area (Å²) in [7, 11) is 0. The number of rotatable bonds is 1. The Hall–Kier alpha value is -1.71. The highest BCUT2D eigenvalue weighted by Gasteiger charge is 2.27. The smallest absolute Gasteiger partial charge is 0.255 e. The van der Waals surface area contributed by atoms with Crippen LogP contribution in [0.4, 0.5) is 0 Å². The summed E-state index contributed by atoms with van der Waals surface area (Å²) < 4.78 is 0. The van der Waals surface area contributed by atoms with Crippen LogP contribution < -0.4 is 0 Å². The second kappa shape index (κ2) is 4.65. The summed E-state index contributed by atoms with van der Waals surface area (Å²) in [5.74, 6) is 0.166. The van der Waals surface area contributed by atoms with E-state index in [-0.39, 0.29) is 17.6 Å². The van der Waals surface area contributed by atoms with Gasteiger partial charge in [-0.3, -0.25) is 14.6 Å². The molecule has 1 amide bonds. The maximum atomic E-state index is 12.1. The Morgan fingerprint density at radius 2 is 2.24 bits per heavy atom. The average Bonchev–Trinajstić information content (AvgIpc) is 2.33.